The predicted molar refractivity (Wildman–Crippen MR) is 88.3 cm³/mol. The van der Waals surface area contributed by atoms with Crippen LogP contribution in [0, 0.1) is 0 Å². The van der Waals surface area contributed by atoms with E-state index < -0.39 is 10.0 Å². The molecule has 2 aliphatic heterocycles. The van der Waals surface area contributed by atoms with Crippen molar-refractivity contribution in [2.24, 2.45) is 0 Å². The fraction of sp³-hybridized carbons (Fsp3) is 0.312. The van der Waals surface area contributed by atoms with Crippen molar-refractivity contribution in [3.63, 3.8) is 0 Å². The van der Waals surface area contributed by atoms with Gasteiger partial charge in [0, 0.05) is 36.0 Å². The number of carbonyl (C=O) groups excluding carboxylic acids is 1. The summed E-state index contributed by atoms with van der Waals surface area (Å²) in [5.41, 5.74) is 1.31. The van der Waals surface area contributed by atoms with Gasteiger partial charge in [0.2, 0.25) is 10.0 Å². The van der Waals surface area contributed by atoms with Crippen LogP contribution in [-0.4, -0.2) is 40.5 Å². The van der Waals surface area contributed by atoms with Crippen LogP contribution in [-0.2, 0) is 10.0 Å². The van der Waals surface area contributed by atoms with Gasteiger partial charge in [-0.1, -0.05) is 12.1 Å². The maximum absolute atomic E-state index is 12.8. The van der Waals surface area contributed by atoms with Crippen LogP contribution in [0.3, 0.4) is 0 Å². The smallest absolute Gasteiger partial charge is 0.258 e. The molecule has 1 amide bonds. The topological polar surface area (TPSA) is 78.5 Å². The Morgan fingerprint density at radius 1 is 1.26 bits per heavy atom. The van der Waals surface area contributed by atoms with Gasteiger partial charge in [0.05, 0.1) is 10.6 Å². The zero-order chi connectivity index (χ0) is 16.2. The fourth-order valence-electron chi connectivity index (χ4n) is 3.38. The lowest BCUT2D eigenvalue weighted by Gasteiger charge is -2.15. The minimum atomic E-state index is -3.63. The molecular formula is C16H17N3O3S. The highest BCUT2D eigenvalue weighted by atomic mass is 32.2. The molecule has 120 valence electrons. The van der Waals surface area contributed by atoms with E-state index in [0.717, 1.165) is 18.7 Å². The van der Waals surface area contributed by atoms with Crippen LogP contribution in [0.2, 0.25) is 0 Å². The highest BCUT2D eigenvalue weighted by molar-refractivity contribution is 7.89. The van der Waals surface area contributed by atoms with Crippen molar-refractivity contribution in [3.05, 3.63) is 35.9 Å². The van der Waals surface area contributed by atoms with Crippen LogP contribution in [0.4, 0.5) is 5.69 Å². The first-order valence-electron chi connectivity index (χ1n) is 7.56. The third kappa shape index (κ3) is 2.15. The van der Waals surface area contributed by atoms with Crippen molar-refractivity contribution in [2.75, 3.05) is 25.0 Å². The largest absolute Gasteiger partial charge is 0.315 e. The van der Waals surface area contributed by atoms with Crippen molar-refractivity contribution >= 4 is 32.4 Å². The molecule has 0 aromatic heterocycles. The van der Waals surface area contributed by atoms with Crippen molar-refractivity contribution < 1.29 is 13.2 Å². The van der Waals surface area contributed by atoms with Crippen molar-refractivity contribution in [1.29, 1.82) is 0 Å². The molecule has 1 atom stereocenters. The molecule has 0 aliphatic carbocycles. The molecule has 7 heteroatoms. The number of benzene rings is 2. The molecule has 2 N–H and O–H groups in total. The van der Waals surface area contributed by atoms with Crippen LogP contribution in [0.1, 0.15) is 16.8 Å². The Bertz CT molecular complexity index is 918. The number of carbonyl (C=O) groups is 1. The molecule has 1 fully saturated rings. The molecule has 2 aromatic rings. The third-order valence-corrected chi connectivity index (χ3v) is 6.13. The van der Waals surface area contributed by atoms with E-state index in [9.17, 15) is 13.2 Å². The molecular weight excluding hydrogens is 314 g/mol. The number of rotatable bonds is 3. The van der Waals surface area contributed by atoms with Crippen LogP contribution in [0.15, 0.2) is 35.2 Å². The van der Waals surface area contributed by atoms with Crippen molar-refractivity contribution in [3.8, 4) is 0 Å². The number of anilines is 1. The first-order valence-corrected chi connectivity index (χ1v) is 9.04. The molecule has 1 unspecified atom stereocenters. The number of nitrogens with one attached hydrogen (secondary N) is 2. The second kappa shape index (κ2) is 5.02. The predicted octanol–water partition coefficient (Wildman–Crippen LogP) is 1.07. The van der Waals surface area contributed by atoms with Gasteiger partial charge in [0.15, 0.2) is 0 Å². The number of amides is 1. The summed E-state index contributed by atoms with van der Waals surface area (Å²) in [7, 11) is -1.93. The normalized spacial score (nSPS) is 20.7. The molecule has 2 aromatic carbocycles. The van der Waals surface area contributed by atoms with Crippen LogP contribution >= 0.6 is 0 Å². The van der Waals surface area contributed by atoms with Gasteiger partial charge in [-0.2, -0.15) is 0 Å². The zero-order valence-corrected chi connectivity index (χ0v) is 13.5. The molecule has 4 rings (SSSR count). The summed E-state index contributed by atoms with van der Waals surface area (Å²) in [6.07, 6.45) is 0.779. The summed E-state index contributed by atoms with van der Waals surface area (Å²) in [5.74, 6) is -0.104. The van der Waals surface area contributed by atoms with E-state index in [-0.39, 0.29) is 16.8 Å². The Labute approximate surface area is 134 Å². The quantitative estimate of drug-likeness (QED) is 0.882. The third-order valence-electron chi connectivity index (χ3n) is 4.55. The van der Waals surface area contributed by atoms with Gasteiger partial charge in [0.1, 0.15) is 0 Å². The van der Waals surface area contributed by atoms with E-state index in [2.05, 4.69) is 10.0 Å². The molecule has 23 heavy (non-hydrogen) atoms. The molecule has 2 heterocycles. The van der Waals surface area contributed by atoms with E-state index in [1.54, 1.807) is 42.3 Å². The second-order valence-corrected chi connectivity index (χ2v) is 7.67. The van der Waals surface area contributed by atoms with Gasteiger partial charge in [-0.05, 0) is 31.2 Å². The Kier molecular flexibility index (Phi) is 3.19. The van der Waals surface area contributed by atoms with Gasteiger partial charge in [-0.15, -0.1) is 0 Å². The summed E-state index contributed by atoms with van der Waals surface area (Å²) in [5, 5.41) is 4.45. The van der Waals surface area contributed by atoms with E-state index >= 15 is 0 Å². The second-order valence-electron chi connectivity index (χ2n) is 5.99. The van der Waals surface area contributed by atoms with Gasteiger partial charge < -0.3 is 10.2 Å². The molecule has 0 bridgehead atoms. The minimum absolute atomic E-state index is 0.0904. The molecule has 0 spiro atoms. The SMILES string of the molecule is CN1C(=O)c2cccc3c(S(=O)(=O)NC4CCNC4)ccc1c23. The lowest BCUT2D eigenvalue weighted by molar-refractivity contribution is 0.0999. The number of sulfonamides is 1. The van der Waals surface area contributed by atoms with Crippen molar-refractivity contribution in [1.82, 2.24) is 10.0 Å². The lowest BCUT2D eigenvalue weighted by atomic mass is 10.1. The van der Waals surface area contributed by atoms with Gasteiger partial charge >= 0.3 is 0 Å². The van der Waals surface area contributed by atoms with Gasteiger partial charge in [-0.25, -0.2) is 13.1 Å². The van der Waals surface area contributed by atoms with E-state index in [0.29, 0.717) is 22.9 Å². The van der Waals surface area contributed by atoms with Crippen LogP contribution < -0.4 is 14.9 Å². The maximum atomic E-state index is 12.8. The Morgan fingerprint density at radius 3 is 2.83 bits per heavy atom. The van der Waals surface area contributed by atoms with E-state index in [1.165, 1.54) is 0 Å². The van der Waals surface area contributed by atoms with Crippen LogP contribution in [0.5, 0.6) is 0 Å². The molecule has 0 saturated carbocycles. The first-order chi connectivity index (χ1) is 11.0. The highest BCUT2D eigenvalue weighted by Gasteiger charge is 2.31. The summed E-state index contributed by atoms with van der Waals surface area (Å²) < 4.78 is 28.3. The summed E-state index contributed by atoms with van der Waals surface area (Å²) in [6.45, 7) is 1.46. The maximum Gasteiger partial charge on any atom is 0.258 e. The fourth-order valence-corrected chi connectivity index (χ4v) is 4.86. The molecule has 0 radical (unpaired) electrons. The Morgan fingerprint density at radius 2 is 2.09 bits per heavy atom. The highest BCUT2D eigenvalue weighted by Crippen LogP contribution is 2.39. The first kappa shape index (κ1) is 14.6. The number of nitrogens with zero attached hydrogens (tertiary/aromatic N) is 1. The molecule has 2 aliphatic rings. The summed E-state index contributed by atoms with van der Waals surface area (Å²) in [6, 6.07) is 8.43. The summed E-state index contributed by atoms with van der Waals surface area (Å²) in [4.78, 5) is 14.1. The number of hydrogen-bond donors (Lipinski definition) is 2. The monoisotopic (exact) mass is 331 g/mol. The average molecular weight is 331 g/mol. The van der Waals surface area contributed by atoms with E-state index in [4.69, 9.17) is 0 Å². The molecule has 6 nitrogen and oxygen atoms in total. The van der Waals surface area contributed by atoms with Crippen LogP contribution in [0.25, 0.3) is 10.8 Å². The van der Waals surface area contributed by atoms with E-state index in [1.807, 2.05) is 0 Å². The standard InChI is InChI=1S/C16H17N3O3S/c1-19-13-5-6-14(23(21,22)18-10-7-8-17-9-10)11-3-2-4-12(15(11)13)16(19)20/h2-6,10,17-18H,7-9H2,1H3. The Balaban J connectivity index is 1.88. The van der Waals surface area contributed by atoms with Gasteiger partial charge in [-0.3, -0.25) is 4.79 Å². The Hall–Kier alpha value is -1.96. The minimum Gasteiger partial charge on any atom is -0.315 e. The lowest BCUT2D eigenvalue weighted by Crippen LogP contribution is -2.36. The average Bonchev–Trinajstić information content (AvgIpc) is 3.11. The zero-order valence-electron chi connectivity index (χ0n) is 12.7. The molecule has 1 saturated heterocycles. The van der Waals surface area contributed by atoms with Crippen molar-refractivity contribution in [2.45, 2.75) is 17.4 Å². The summed E-state index contributed by atoms with van der Waals surface area (Å²) >= 11 is 0. The van der Waals surface area contributed by atoms with Gasteiger partial charge in [0.25, 0.3) is 5.91 Å². The number of hydrogen-bond acceptors (Lipinski definition) is 4.